The highest BCUT2D eigenvalue weighted by Crippen LogP contribution is 2.35. The summed E-state index contributed by atoms with van der Waals surface area (Å²) < 4.78 is 0. The van der Waals surface area contributed by atoms with Crippen molar-refractivity contribution in [2.24, 2.45) is 5.92 Å². The molecule has 0 aromatic heterocycles. The third kappa shape index (κ3) is 4.25. The second kappa shape index (κ2) is 7.90. The Morgan fingerprint density at radius 2 is 1.72 bits per heavy atom. The van der Waals surface area contributed by atoms with Gasteiger partial charge in [0.2, 0.25) is 5.91 Å². The highest BCUT2D eigenvalue weighted by atomic mass is 16.2. The summed E-state index contributed by atoms with van der Waals surface area (Å²) in [5, 5.41) is 0. The first kappa shape index (κ1) is 17.1. The lowest BCUT2D eigenvalue weighted by Crippen LogP contribution is -2.56. The number of hydrogen-bond donors (Lipinski definition) is 0. The molecule has 2 heterocycles. The van der Waals surface area contributed by atoms with Crippen molar-refractivity contribution in [2.45, 2.75) is 69.9 Å². The number of likely N-dealkylation sites (tertiary alicyclic amines) is 2. The molecule has 2 aliphatic heterocycles. The molecule has 1 aliphatic carbocycles. The lowest BCUT2D eigenvalue weighted by atomic mass is 9.91. The smallest absolute Gasteiger partial charge is 0.223 e. The molecular weight excluding hydrogens is 308 g/mol. The van der Waals surface area contributed by atoms with Crippen LogP contribution in [0.2, 0.25) is 0 Å². The zero-order valence-corrected chi connectivity index (χ0v) is 15.4. The second-order valence-corrected chi connectivity index (χ2v) is 8.28. The van der Waals surface area contributed by atoms with Crippen molar-refractivity contribution in [2.75, 3.05) is 19.6 Å². The van der Waals surface area contributed by atoms with Crippen molar-refractivity contribution in [1.29, 1.82) is 0 Å². The fourth-order valence-electron chi connectivity index (χ4n) is 4.85. The van der Waals surface area contributed by atoms with Crippen LogP contribution in [0.4, 0.5) is 0 Å². The summed E-state index contributed by atoms with van der Waals surface area (Å²) in [5.41, 5.74) is 1.28. The van der Waals surface area contributed by atoms with Crippen LogP contribution in [0, 0.1) is 5.92 Å². The molecule has 3 nitrogen and oxygen atoms in total. The Kier molecular flexibility index (Phi) is 5.40. The molecule has 3 fully saturated rings. The summed E-state index contributed by atoms with van der Waals surface area (Å²) in [7, 11) is 0. The molecule has 1 aromatic rings. The quantitative estimate of drug-likeness (QED) is 0.812. The van der Waals surface area contributed by atoms with Gasteiger partial charge in [0, 0.05) is 31.6 Å². The average Bonchev–Trinajstić information content (AvgIpc) is 3.48. The summed E-state index contributed by atoms with van der Waals surface area (Å²) in [6, 6.07) is 11.5. The minimum absolute atomic E-state index is 0.381. The maximum Gasteiger partial charge on any atom is 0.223 e. The molecule has 1 saturated carbocycles. The largest absolute Gasteiger partial charge is 0.338 e. The molecule has 2 atom stereocenters. The number of carbonyl (C=O) groups excluding carboxylic acids is 1. The molecule has 0 N–H and O–H groups in total. The zero-order chi connectivity index (χ0) is 17.1. The van der Waals surface area contributed by atoms with Crippen molar-refractivity contribution < 1.29 is 4.79 Å². The molecule has 1 amide bonds. The molecule has 4 rings (SSSR count). The summed E-state index contributed by atoms with van der Waals surface area (Å²) >= 11 is 0. The first-order valence-corrected chi connectivity index (χ1v) is 10.4. The molecule has 0 radical (unpaired) electrons. The van der Waals surface area contributed by atoms with Crippen molar-refractivity contribution in [3.05, 3.63) is 35.9 Å². The van der Waals surface area contributed by atoms with Gasteiger partial charge in [-0.2, -0.15) is 0 Å². The van der Waals surface area contributed by atoms with E-state index in [0.717, 1.165) is 18.9 Å². The van der Waals surface area contributed by atoms with E-state index in [2.05, 4.69) is 34.1 Å². The van der Waals surface area contributed by atoms with Crippen LogP contribution in [-0.4, -0.2) is 47.4 Å². The van der Waals surface area contributed by atoms with Gasteiger partial charge in [0.05, 0.1) is 0 Å². The van der Waals surface area contributed by atoms with Crippen LogP contribution < -0.4 is 0 Å². The SMILES string of the molecule is O=C(CCc1ccccc1)N1CCC[C@@H]2[C@H]1CCCCN2CC1CC1. The van der Waals surface area contributed by atoms with Crippen molar-refractivity contribution >= 4 is 5.91 Å². The molecule has 0 bridgehead atoms. The van der Waals surface area contributed by atoms with Gasteiger partial charge in [0.25, 0.3) is 0 Å². The molecular formula is C22H32N2O. The minimum atomic E-state index is 0.381. The van der Waals surface area contributed by atoms with E-state index in [1.54, 1.807) is 0 Å². The molecule has 0 spiro atoms. The van der Waals surface area contributed by atoms with Gasteiger partial charge in [0.1, 0.15) is 0 Å². The number of hydrogen-bond acceptors (Lipinski definition) is 2. The Morgan fingerprint density at radius 3 is 2.52 bits per heavy atom. The highest BCUT2D eigenvalue weighted by Gasteiger charge is 2.39. The van der Waals surface area contributed by atoms with Gasteiger partial charge in [0.15, 0.2) is 0 Å². The topological polar surface area (TPSA) is 23.6 Å². The maximum atomic E-state index is 13.0. The first-order chi connectivity index (χ1) is 12.3. The Morgan fingerprint density at radius 1 is 0.920 bits per heavy atom. The van der Waals surface area contributed by atoms with Crippen LogP contribution in [-0.2, 0) is 11.2 Å². The normalized spacial score (nSPS) is 27.6. The minimum Gasteiger partial charge on any atom is -0.338 e. The number of fused-ring (bicyclic) bond motifs is 1. The predicted molar refractivity (Wildman–Crippen MR) is 101 cm³/mol. The molecule has 2 saturated heterocycles. The van der Waals surface area contributed by atoms with Crippen LogP contribution in [0.3, 0.4) is 0 Å². The number of piperidine rings is 1. The highest BCUT2D eigenvalue weighted by molar-refractivity contribution is 5.77. The zero-order valence-electron chi connectivity index (χ0n) is 15.4. The third-order valence-corrected chi connectivity index (χ3v) is 6.39. The number of rotatable bonds is 5. The lowest BCUT2D eigenvalue weighted by molar-refractivity contribution is -0.137. The van der Waals surface area contributed by atoms with E-state index in [0.29, 0.717) is 24.4 Å². The van der Waals surface area contributed by atoms with Gasteiger partial charge in [-0.15, -0.1) is 0 Å². The van der Waals surface area contributed by atoms with Gasteiger partial charge < -0.3 is 4.90 Å². The number of carbonyl (C=O) groups is 1. The molecule has 3 heteroatoms. The number of aryl methyl sites for hydroxylation is 1. The van der Waals surface area contributed by atoms with E-state index in [1.165, 1.54) is 63.6 Å². The lowest BCUT2D eigenvalue weighted by Gasteiger charge is -2.45. The van der Waals surface area contributed by atoms with Gasteiger partial charge in [-0.25, -0.2) is 0 Å². The van der Waals surface area contributed by atoms with Gasteiger partial charge in [-0.05, 0) is 63.0 Å². The fourth-order valence-corrected chi connectivity index (χ4v) is 4.85. The van der Waals surface area contributed by atoms with E-state index in [4.69, 9.17) is 0 Å². The second-order valence-electron chi connectivity index (χ2n) is 8.28. The Labute approximate surface area is 152 Å². The average molecular weight is 341 g/mol. The Balaban J connectivity index is 1.40. The summed E-state index contributed by atoms with van der Waals surface area (Å²) in [5.74, 6) is 1.33. The van der Waals surface area contributed by atoms with Crippen molar-refractivity contribution in [3.8, 4) is 0 Å². The number of amides is 1. The molecule has 25 heavy (non-hydrogen) atoms. The predicted octanol–water partition coefficient (Wildman–Crippen LogP) is 3.87. The van der Waals surface area contributed by atoms with E-state index in [9.17, 15) is 4.79 Å². The fraction of sp³-hybridized carbons (Fsp3) is 0.682. The van der Waals surface area contributed by atoms with Crippen molar-refractivity contribution in [3.63, 3.8) is 0 Å². The van der Waals surface area contributed by atoms with Crippen LogP contribution in [0.1, 0.15) is 56.9 Å². The van der Waals surface area contributed by atoms with Crippen LogP contribution >= 0.6 is 0 Å². The molecule has 136 valence electrons. The summed E-state index contributed by atoms with van der Waals surface area (Å²) in [4.78, 5) is 18.0. The Bertz CT molecular complexity index is 569. The molecule has 3 aliphatic rings. The van der Waals surface area contributed by atoms with Crippen LogP contribution in [0.25, 0.3) is 0 Å². The van der Waals surface area contributed by atoms with E-state index in [-0.39, 0.29) is 0 Å². The molecule has 0 unspecified atom stereocenters. The van der Waals surface area contributed by atoms with Gasteiger partial charge >= 0.3 is 0 Å². The number of benzene rings is 1. The standard InChI is InChI=1S/C22H32N2O/c25-22(14-13-18-7-2-1-3-8-18)24-16-6-10-20-21(24)9-4-5-15-23(20)17-19-11-12-19/h1-3,7-8,19-21H,4-6,9-17H2/t20-,21-/m1/s1. The van der Waals surface area contributed by atoms with Gasteiger partial charge in [-0.3, -0.25) is 9.69 Å². The summed E-state index contributed by atoms with van der Waals surface area (Å²) in [6.45, 7) is 3.52. The summed E-state index contributed by atoms with van der Waals surface area (Å²) in [6.07, 6.45) is 10.7. The van der Waals surface area contributed by atoms with E-state index in [1.807, 2.05) is 6.07 Å². The number of nitrogens with zero attached hydrogens (tertiary/aromatic N) is 2. The monoisotopic (exact) mass is 340 g/mol. The van der Waals surface area contributed by atoms with Crippen LogP contribution in [0.15, 0.2) is 30.3 Å². The van der Waals surface area contributed by atoms with Crippen LogP contribution in [0.5, 0.6) is 0 Å². The van der Waals surface area contributed by atoms with Crippen molar-refractivity contribution in [1.82, 2.24) is 9.80 Å². The van der Waals surface area contributed by atoms with E-state index < -0.39 is 0 Å². The maximum absolute atomic E-state index is 13.0. The molecule has 1 aromatic carbocycles. The third-order valence-electron chi connectivity index (χ3n) is 6.39. The van der Waals surface area contributed by atoms with E-state index >= 15 is 0 Å². The first-order valence-electron chi connectivity index (χ1n) is 10.4. The van der Waals surface area contributed by atoms with Gasteiger partial charge in [-0.1, -0.05) is 36.8 Å². The Hall–Kier alpha value is -1.35.